The highest BCUT2D eigenvalue weighted by molar-refractivity contribution is 5.95. The van der Waals surface area contributed by atoms with E-state index in [2.05, 4.69) is 23.2 Å². The van der Waals surface area contributed by atoms with Crippen molar-refractivity contribution in [1.82, 2.24) is 4.90 Å². The van der Waals surface area contributed by atoms with Gasteiger partial charge in [0, 0.05) is 29.3 Å². The first-order valence-electron chi connectivity index (χ1n) is 11.2. The molecule has 0 unspecified atom stereocenters. The van der Waals surface area contributed by atoms with E-state index in [1.807, 2.05) is 71.6 Å². The lowest BCUT2D eigenvalue weighted by Crippen LogP contribution is -2.42. The second kappa shape index (κ2) is 9.01. The second-order valence-corrected chi connectivity index (χ2v) is 8.45. The summed E-state index contributed by atoms with van der Waals surface area (Å²) < 4.78 is 5.41. The molecule has 1 amide bonds. The van der Waals surface area contributed by atoms with Gasteiger partial charge in [-0.2, -0.15) is 0 Å². The number of rotatable bonds is 3. The zero-order valence-electron chi connectivity index (χ0n) is 18.5. The number of hydrogen-bond donors (Lipinski definition) is 2. The van der Waals surface area contributed by atoms with Gasteiger partial charge >= 0.3 is 0 Å². The zero-order valence-corrected chi connectivity index (χ0v) is 18.5. The van der Waals surface area contributed by atoms with Gasteiger partial charge in [-0.25, -0.2) is 0 Å². The molecule has 0 aliphatic carbocycles. The largest absolute Gasteiger partial charge is 0.495 e. The number of methoxy groups -OCH3 is 1. The van der Waals surface area contributed by atoms with Crippen LogP contribution in [0.25, 0.3) is 0 Å². The fourth-order valence-electron chi connectivity index (χ4n) is 5.00. The van der Waals surface area contributed by atoms with Crippen molar-refractivity contribution in [1.29, 1.82) is 0 Å². The molecule has 3 aromatic carbocycles. The Balaban J connectivity index is 1.52. The van der Waals surface area contributed by atoms with Crippen molar-refractivity contribution in [2.45, 2.75) is 18.5 Å². The number of ether oxygens (including phenoxy) is 1. The maximum atomic E-state index is 13.4. The maximum Gasteiger partial charge on any atom is 0.254 e. The minimum absolute atomic E-state index is 0.0261. The Morgan fingerprint density at radius 3 is 2.67 bits per heavy atom. The maximum absolute atomic E-state index is 13.4. The highest BCUT2D eigenvalue weighted by Gasteiger charge is 2.45. The molecule has 2 N–H and O–H groups in total. The highest BCUT2D eigenvalue weighted by atomic mass is 16.5. The van der Waals surface area contributed by atoms with Crippen LogP contribution in [-0.2, 0) is 0 Å². The Labute approximate surface area is 194 Å². The van der Waals surface area contributed by atoms with Gasteiger partial charge in [0.05, 0.1) is 31.4 Å². The van der Waals surface area contributed by atoms with Crippen molar-refractivity contribution in [2.75, 3.05) is 25.6 Å². The Hall–Kier alpha value is -3.75. The van der Waals surface area contributed by atoms with E-state index in [1.165, 1.54) is 0 Å². The highest BCUT2D eigenvalue weighted by Crippen LogP contribution is 2.47. The van der Waals surface area contributed by atoms with Crippen LogP contribution in [0.5, 0.6) is 5.75 Å². The van der Waals surface area contributed by atoms with E-state index in [9.17, 15) is 9.90 Å². The van der Waals surface area contributed by atoms with E-state index in [4.69, 9.17) is 4.74 Å². The Bertz CT molecular complexity index is 1230. The lowest BCUT2D eigenvalue weighted by molar-refractivity contribution is 0.0701. The van der Waals surface area contributed by atoms with Crippen LogP contribution in [0.2, 0.25) is 0 Å². The molecule has 5 nitrogen and oxygen atoms in total. The van der Waals surface area contributed by atoms with Crippen LogP contribution in [0.3, 0.4) is 0 Å². The fraction of sp³-hybridized carbons (Fsp3) is 0.250. The van der Waals surface area contributed by atoms with Crippen LogP contribution >= 0.6 is 0 Å². The predicted molar refractivity (Wildman–Crippen MR) is 128 cm³/mol. The zero-order chi connectivity index (χ0) is 22.8. The van der Waals surface area contributed by atoms with Crippen molar-refractivity contribution in [3.8, 4) is 17.6 Å². The third-order valence-electron chi connectivity index (χ3n) is 6.60. The molecule has 0 spiro atoms. The quantitative estimate of drug-likeness (QED) is 0.605. The first-order chi connectivity index (χ1) is 16.2. The molecule has 5 heteroatoms. The van der Waals surface area contributed by atoms with Crippen molar-refractivity contribution < 1.29 is 14.6 Å². The third kappa shape index (κ3) is 3.94. The summed E-state index contributed by atoms with van der Waals surface area (Å²) in [7, 11) is 1.64. The molecule has 1 saturated heterocycles. The minimum atomic E-state index is -0.0980. The molecule has 1 fully saturated rings. The molecular weight excluding hydrogens is 412 g/mol. The molecule has 0 radical (unpaired) electrons. The predicted octanol–water partition coefficient (Wildman–Crippen LogP) is 4.08. The van der Waals surface area contributed by atoms with Crippen LogP contribution in [0.1, 0.15) is 39.5 Å². The van der Waals surface area contributed by atoms with E-state index in [0.29, 0.717) is 12.1 Å². The van der Waals surface area contributed by atoms with Crippen molar-refractivity contribution >= 4 is 11.6 Å². The molecule has 3 atom stereocenters. The molecule has 0 bridgehead atoms. The number of likely N-dealkylation sites (tertiary alicyclic amines) is 1. The number of para-hydroxylation sites is 1. The number of hydrogen-bond acceptors (Lipinski definition) is 4. The van der Waals surface area contributed by atoms with Crippen molar-refractivity contribution in [2.24, 2.45) is 5.92 Å². The molecule has 0 aromatic heterocycles. The summed E-state index contributed by atoms with van der Waals surface area (Å²) in [6.45, 7) is 0.696. The number of aliphatic hydroxyl groups excluding tert-OH is 1. The second-order valence-electron chi connectivity index (χ2n) is 8.45. The minimum Gasteiger partial charge on any atom is -0.495 e. The molecule has 2 aliphatic heterocycles. The number of nitrogens with zero attached hydrogens (tertiary/aromatic N) is 1. The Morgan fingerprint density at radius 2 is 1.88 bits per heavy atom. The summed E-state index contributed by atoms with van der Waals surface area (Å²) in [4.78, 5) is 15.3. The lowest BCUT2D eigenvalue weighted by atomic mass is 9.82. The van der Waals surface area contributed by atoms with E-state index in [-0.39, 0.29) is 30.5 Å². The molecule has 3 aromatic rings. The number of anilines is 1. The fourth-order valence-corrected chi connectivity index (χ4v) is 5.00. The van der Waals surface area contributed by atoms with Gasteiger partial charge in [0.25, 0.3) is 5.91 Å². The summed E-state index contributed by atoms with van der Waals surface area (Å²) in [5.41, 5.74) is 4.40. The van der Waals surface area contributed by atoms with Gasteiger partial charge in [0.15, 0.2) is 0 Å². The summed E-state index contributed by atoms with van der Waals surface area (Å²) in [5.74, 6) is 7.38. The number of carbonyl (C=O) groups is 1. The number of nitrogens with one attached hydrogen (secondary N) is 1. The summed E-state index contributed by atoms with van der Waals surface area (Å²) in [5, 5.41) is 13.5. The lowest BCUT2D eigenvalue weighted by Gasteiger charge is -2.39. The molecule has 0 saturated carbocycles. The van der Waals surface area contributed by atoms with E-state index >= 15 is 0 Å². The van der Waals surface area contributed by atoms with Crippen LogP contribution < -0.4 is 10.1 Å². The molecule has 2 aliphatic rings. The average molecular weight is 439 g/mol. The molecule has 166 valence electrons. The van der Waals surface area contributed by atoms with Gasteiger partial charge in [-0.3, -0.25) is 4.79 Å². The van der Waals surface area contributed by atoms with E-state index in [0.717, 1.165) is 34.5 Å². The number of carbonyl (C=O) groups excluding carboxylic acids is 1. The van der Waals surface area contributed by atoms with Gasteiger partial charge in [0.2, 0.25) is 0 Å². The SMILES string of the molecule is COc1ccccc1C#Cc1ccc2c(c1)[C@H]1[C@H](CCN1C(=O)c1ccccc1)[C@H](CO)N2. The van der Waals surface area contributed by atoms with Crippen molar-refractivity contribution in [3.05, 3.63) is 95.1 Å². The van der Waals surface area contributed by atoms with Crippen LogP contribution in [0.4, 0.5) is 5.69 Å². The van der Waals surface area contributed by atoms with Gasteiger partial charge in [-0.15, -0.1) is 0 Å². The summed E-state index contributed by atoms with van der Waals surface area (Å²) in [6.07, 6.45) is 0.845. The monoisotopic (exact) mass is 438 g/mol. The number of amides is 1. The summed E-state index contributed by atoms with van der Waals surface area (Å²) >= 11 is 0. The summed E-state index contributed by atoms with van der Waals surface area (Å²) in [6, 6.07) is 23.0. The normalized spacial score (nSPS) is 20.7. The van der Waals surface area contributed by atoms with Gasteiger partial charge in [-0.05, 0) is 54.4 Å². The topological polar surface area (TPSA) is 61.8 Å². The van der Waals surface area contributed by atoms with Crippen LogP contribution in [0, 0.1) is 17.8 Å². The van der Waals surface area contributed by atoms with Gasteiger partial charge < -0.3 is 20.1 Å². The van der Waals surface area contributed by atoms with Gasteiger partial charge in [0.1, 0.15) is 5.75 Å². The number of benzene rings is 3. The number of fused-ring (bicyclic) bond motifs is 3. The molecular formula is C28H26N2O3. The van der Waals surface area contributed by atoms with Crippen LogP contribution in [-0.4, -0.2) is 42.2 Å². The average Bonchev–Trinajstić information content (AvgIpc) is 3.33. The standard InChI is InChI=1S/C28H26N2O3/c1-33-26-10-6-5-7-20(26)13-11-19-12-14-24-23(17-19)27-22(25(18-31)29-24)15-16-30(27)28(32)21-8-3-2-4-9-21/h2-10,12,14,17,22,25,27,29,31H,15-16,18H2,1H3/t22-,25+,27-/m1/s1. The van der Waals surface area contributed by atoms with E-state index < -0.39 is 0 Å². The number of aliphatic hydroxyl groups is 1. The first-order valence-corrected chi connectivity index (χ1v) is 11.2. The van der Waals surface area contributed by atoms with Gasteiger partial charge in [-0.1, -0.05) is 42.2 Å². The van der Waals surface area contributed by atoms with Crippen molar-refractivity contribution in [3.63, 3.8) is 0 Å². The third-order valence-corrected chi connectivity index (χ3v) is 6.60. The smallest absolute Gasteiger partial charge is 0.254 e. The molecule has 2 heterocycles. The molecule has 5 rings (SSSR count). The van der Waals surface area contributed by atoms with E-state index in [1.54, 1.807) is 7.11 Å². The van der Waals surface area contributed by atoms with Crippen LogP contribution in [0.15, 0.2) is 72.8 Å². The Kier molecular flexibility index (Phi) is 5.77. The first kappa shape index (κ1) is 21.1. The Morgan fingerprint density at radius 1 is 1.09 bits per heavy atom. The molecule has 33 heavy (non-hydrogen) atoms.